The van der Waals surface area contributed by atoms with Crippen molar-refractivity contribution in [2.45, 2.75) is 36.6 Å². The van der Waals surface area contributed by atoms with Gasteiger partial charge in [-0.2, -0.15) is 0 Å². The Morgan fingerprint density at radius 1 is 1.14 bits per heavy atom. The molecule has 6 nitrogen and oxygen atoms in total. The number of nitrogen functional groups attached to an aromatic ring is 1. The topological polar surface area (TPSA) is 76.5 Å². The van der Waals surface area contributed by atoms with E-state index in [4.69, 9.17) is 5.73 Å². The van der Waals surface area contributed by atoms with Gasteiger partial charge in [0.15, 0.2) is 0 Å². The van der Waals surface area contributed by atoms with Crippen LogP contribution < -0.4 is 5.73 Å². The average molecular weight is 530 g/mol. The summed E-state index contributed by atoms with van der Waals surface area (Å²) in [5, 5.41) is 0. The predicted octanol–water partition coefficient (Wildman–Crippen LogP) is 6.76. The molecule has 36 heavy (non-hydrogen) atoms. The lowest BCUT2D eigenvalue weighted by Gasteiger charge is -2.41. The molecule has 13 heteroatoms. The predicted molar refractivity (Wildman–Crippen MR) is 125 cm³/mol. The molecule has 0 aliphatic heterocycles. The Kier molecular flexibility index (Phi) is 4.46. The molecule has 5 rings (SSSR count). The van der Waals surface area contributed by atoms with Crippen LogP contribution in [0.4, 0.5) is 29.6 Å². The first kappa shape index (κ1) is 24.2. The Labute approximate surface area is 201 Å². The normalized spacial score (nSPS) is 19.2. The zero-order valence-electron chi connectivity index (χ0n) is 19.3. The van der Waals surface area contributed by atoms with Crippen LogP contribution in [0.25, 0.3) is 16.6 Å². The number of rotatable bonds is 3. The molecule has 1 amide bonds. The van der Waals surface area contributed by atoms with Gasteiger partial charge in [-0.3, -0.25) is 9.20 Å². The lowest BCUT2D eigenvalue weighted by Crippen LogP contribution is -2.31. The Bertz CT molecular complexity index is 1600. The summed E-state index contributed by atoms with van der Waals surface area (Å²) < 4.78 is 83.8. The second-order valence-corrected chi connectivity index (χ2v) is 12.1. The summed E-state index contributed by atoms with van der Waals surface area (Å²) in [6.45, 7) is 3.23. The lowest BCUT2D eigenvalue weighted by molar-refractivity contribution is 0.0716. The molecule has 1 aliphatic carbocycles. The number of imidazole rings is 1. The monoisotopic (exact) mass is 529 g/mol. The van der Waals surface area contributed by atoms with Crippen LogP contribution in [0.3, 0.4) is 0 Å². The number of carbonyl (C=O) groups is 1. The van der Waals surface area contributed by atoms with E-state index in [-0.39, 0.29) is 28.9 Å². The molecule has 192 valence electrons. The maximum absolute atomic E-state index is 15.0. The van der Waals surface area contributed by atoms with Crippen LogP contribution in [0.15, 0.2) is 47.8 Å². The zero-order valence-corrected chi connectivity index (χ0v) is 20.1. The van der Waals surface area contributed by atoms with E-state index in [0.29, 0.717) is 28.7 Å². The van der Waals surface area contributed by atoms with E-state index in [0.717, 1.165) is 12.1 Å². The van der Waals surface area contributed by atoms with Crippen molar-refractivity contribution in [2.24, 2.45) is 0 Å². The van der Waals surface area contributed by atoms with Crippen molar-refractivity contribution in [3.8, 4) is 0 Å². The van der Waals surface area contributed by atoms with Gasteiger partial charge in [-0.05, 0) is 41.2 Å². The van der Waals surface area contributed by atoms with Gasteiger partial charge in [0.05, 0.1) is 35.2 Å². The van der Waals surface area contributed by atoms with Crippen LogP contribution in [0.5, 0.6) is 0 Å². The molecule has 2 aromatic heterocycles. The third-order valence-corrected chi connectivity index (χ3v) is 7.89. The molecule has 2 aromatic carbocycles. The minimum absolute atomic E-state index is 0.0664. The molecule has 1 atom stereocenters. The first-order chi connectivity index (χ1) is 16.4. The third-order valence-electron chi connectivity index (χ3n) is 6.75. The van der Waals surface area contributed by atoms with Crippen molar-refractivity contribution in [1.82, 2.24) is 19.3 Å². The SMILES string of the molecule is CN(C(=O)c1cc2c(cc1F)nc(N)c1cncn12)[C@@H]1CC(C)(C)c2cc(S(F)(F)(F)(F)F)ccc21. The number of nitrogens with zero attached hydrogens (tertiary/aromatic N) is 4. The molecule has 0 radical (unpaired) electrons. The molecule has 0 saturated heterocycles. The summed E-state index contributed by atoms with van der Waals surface area (Å²) in [6.07, 6.45) is 3.07. The van der Waals surface area contributed by atoms with Crippen molar-refractivity contribution in [3.05, 3.63) is 65.4 Å². The highest BCUT2D eigenvalue weighted by atomic mass is 32.5. The number of fused-ring (bicyclic) bond motifs is 4. The Morgan fingerprint density at radius 2 is 1.83 bits per heavy atom. The summed E-state index contributed by atoms with van der Waals surface area (Å²) in [7, 11) is -8.49. The molecule has 0 bridgehead atoms. The van der Waals surface area contributed by atoms with Crippen LogP contribution >= 0.6 is 10.2 Å². The van der Waals surface area contributed by atoms with E-state index in [2.05, 4.69) is 9.97 Å². The zero-order chi connectivity index (χ0) is 26.5. The van der Waals surface area contributed by atoms with Gasteiger partial charge in [0.2, 0.25) is 0 Å². The van der Waals surface area contributed by atoms with Crippen LogP contribution in [0, 0.1) is 5.82 Å². The summed E-state index contributed by atoms with van der Waals surface area (Å²) in [4.78, 5) is 20.8. The lowest BCUT2D eigenvalue weighted by atomic mass is 9.86. The number of aromatic nitrogens is 3. The fraction of sp³-hybridized carbons (Fsp3) is 0.261. The van der Waals surface area contributed by atoms with E-state index in [1.807, 2.05) is 0 Å². The summed E-state index contributed by atoms with van der Waals surface area (Å²) in [5.41, 5.74) is 6.06. The molecule has 2 N–H and O–H groups in total. The van der Waals surface area contributed by atoms with Gasteiger partial charge in [-0.15, -0.1) is 0 Å². The molecule has 2 heterocycles. The number of halogens is 6. The highest BCUT2D eigenvalue weighted by Crippen LogP contribution is 3.02. The Balaban J connectivity index is 1.58. The molecule has 1 aliphatic rings. The molecule has 0 fully saturated rings. The molecule has 4 aromatic rings. The van der Waals surface area contributed by atoms with Crippen LogP contribution in [-0.4, -0.2) is 32.2 Å². The quantitative estimate of drug-likeness (QED) is 0.298. The van der Waals surface area contributed by atoms with Crippen molar-refractivity contribution < 1.29 is 28.6 Å². The third kappa shape index (κ3) is 3.72. The first-order valence-corrected chi connectivity index (χ1v) is 12.7. The fourth-order valence-electron chi connectivity index (χ4n) is 4.89. The number of hydrogen-bond donors (Lipinski definition) is 1. The van der Waals surface area contributed by atoms with Crippen LogP contribution in [0.2, 0.25) is 0 Å². The highest BCUT2D eigenvalue weighted by Gasteiger charge is 2.65. The van der Waals surface area contributed by atoms with E-state index < -0.39 is 38.3 Å². The van der Waals surface area contributed by atoms with Gasteiger partial charge in [0, 0.05) is 13.1 Å². The standard InChI is InChI=1S/C23H21F6N5OS/c1-23(2)9-19(13-5-4-12(6-15(13)23)36(25,26,27,28)29)33(3)22(35)14-7-18-17(8-16(14)24)32-21(30)20-10-31-11-34(18)20/h4-8,10-11,19H,9H2,1-3H3,(H2,30,32)/t19-/m1/s1. The number of nitrogens with two attached hydrogens (primary N) is 1. The van der Waals surface area contributed by atoms with Gasteiger partial charge >= 0.3 is 10.2 Å². The number of anilines is 1. The van der Waals surface area contributed by atoms with Crippen molar-refractivity contribution in [1.29, 1.82) is 0 Å². The first-order valence-electron chi connectivity index (χ1n) is 10.7. The number of hydrogen-bond acceptors (Lipinski definition) is 4. The second kappa shape index (κ2) is 6.64. The smallest absolute Gasteiger partial charge is 0.310 e. The van der Waals surface area contributed by atoms with Gasteiger partial charge in [-0.1, -0.05) is 39.3 Å². The van der Waals surface area contributed by atoms with E-state index in [1.54, 1.807) is 18.2 Å². The van der Waals surface area contributed by atoms with Gasteiger partial charge in [0.1, 0.15) is 22.0 Å². The van der Waals surface area contributed by atoms with Crippen LogP contribution in [0.1, 0.15) is 47.8 Å². The van der Waals surface area contributed by atoms with E-state index >= 15 is 4.39 Å². The van der Waals surface area contributed by atoms with E-state index in [9.17, 15) is 24.2 Å². The van der Waals surface area contributed by atoms with Crippen molar-refractivity contribution in [3.63, 3.8) is 0 Å². The summed E-state index contributed by atoms with van der Waals surface area (Å²) in [5.74, 6) is -1.46. The molecule has 0 saturated carbocycles. The highest BCUT2D eigenvalue weighted by molar-refractivity contribution is 8.45. The number of amides is 1. The molecular formula is C23H21F6N5OS. The van der Waals surface area contributed by atoms with E-state index in [1.165, 1.54) is 30.5 Å². The van der Waals surface area contributed by atoms with Crippen LogP contribution in [-0.2, 0) is 5.41 Å². The number of carbonyl (C=O) groups excluding carboxylic acids is 1. The molecular weight excluding hydrogens is 508 g/mol. The van der Waals surface area contributed by atoms with Gasteiger partial charge < -0.3 is 10.6 Å². The van der Waals surface area contributed by atoms with Gasteiger partial charge in [-0.25, -0.2) is 14.4 Å². The molecule has 0 spiro atoms. The Hall–Kier alpha value is -3.48. The largest absolute Gasteiger partial charge is 0.382 e. The minimum Gasteiger partial charge on any atom is -0.382 e. The second-order valence-electron chi connectivity index (χ2n) is 9.70. The minimum atomic E-state index is -9.89. The Morgan fingerprint density at radius 3 is 2.50 bits per heavy atom. The van der Waals surface area contributed by atoms with Crippen molar-refractivity contribution in [2.75, 3.05) is 12.8 Å². The van der Waals surface area contributed by atoms with Gasteiger partial charge in [0.25, 0.3) is 5.91 Å². The molecule has 0 unspecified atom stereocenters. The summed E-state index contributed by atoms with van der Waals surface area (Å²) in [6, 6.07) is 3.41. The van der Waals surface area contributed by atoms with Crippen molar-refractivity contribution >= 4 is 38.5 Å². The fourth-order valence-corrected chi connectivity index (χ4v) is 5.56. The average Bonchev–Trinajstić information content (AvgIpc) is 3.34. The maximum atomic E-state index is 15.0. The maximum Gasteiger partial charge on any atom is 0.310 e. The number of benzene rings is 2. The summed E-state index contributed by atoms with van der Waals surface area (Å²) >= 11 is 0.